The highest BCUT2D eigenvalue weighted by Gasteiger charge is 2.24. The van der Waals surface area contributed by atoms with Crippen molar-refractivity contribution in [3.63, 3.8) is 0 Å². The van der Waals surface area contributed by atoms with Gasteiger partial charge in [0.15, 0.2) is 0 Å². The first kappa shape index (κ1) is 12.9. The molecule has 0 atom stereocenters. The van der Waals surface area contributed by atoms with Gasteiger partial charge in [-0.15, -0.1) is 0 Å². The molecule has 2 aliphatic carbocycles. The van der Waals surface area contributed by atoms with Gasteiger partial charge >= 0.3 is 0 Å². The molecule has 1 nitrogen and oxygen atoms in total. The van der Waals surface area contributed by atoms with Crippen molar-refractivity contribution in [3.05, 3.63) is 53.1 Å². The molecule has 0 unspecified atom stereocenters. The predicted molar refractivity (Wildman–Crippen MR) is 89.4 cm³/mol. The molecule has 2 aliphatic rings. The van der Waals surface area contributed by atoms with E-state index in [2.05, 4.69) is 30.3 Å². The van der Waals surface area contributed by atoms with Crippen molar-refractivity contribution in [2.75, 3.05) is 5.73 Å². The number of rotatable bonds is 2. The number of nitrogen functional groups attached to an aromatic ring is 1. The van der Waals surface area contributed by atoms with Crippen molar-refractivity contribution >= 4 is 5.69 Å². The summed E-state index contributed by atoms with van der Waals surface area (Å²) in [5.41, 5.74) is 14.3. The normalized spacial score (nSPS) is 17.5. The number of benzene rings is 2. The fourth-order valence-electron chi connectivity index (χ4n) is 4.26. The van der Waals surface area contributed by atoms with Crippen LogP contribution >= 0.6 is 0 Å². The number of fused-ring (bicyclic) bond motifs is 3. The molecule has 0 spiro atoms. The van der Waals surface area contributed by atoms with E-state index < -0.39 is 0 Å². The van der Waals surface area contributed by atoms with Gasteiger partial charge in [0.2, 0.25) is 0 Å². The lowest BCUT2D eigenvalue weighted by Gasteiger charge is -2.22. The summed E-state index contributed by atoms with van der Waals surface area (Å²) in [6.07, 6.45) is 9.44. The summed E-state index contributed by atoms with van der Waals surface area (Å²) in [5.74, 6) is 0.895. The van der Waals surface area contributed by atoms with Crippen molar-refractivity contribution in [3.8, 4) is 11.1 Å². The maximum atomic E-state index is 6.22. The van der Waals surface area contributed by atoms with Gasteiger partial charge in [-0.1, -0.05) is 62.4 Å². The molecule has 1 fully saturated rings. The van der Waals surface area contributed by atoms with E-state index in [0.717, 1.165) is 18.0 Å². The molecule has 2 aromatic rings. The average Bonchev–Trinajstić information content (AvgIpc) is 2.89. The van der Waals surface area contributed by atoms with Gasteiger partial charge in [-0.3, -0.25) is 0 Å². The highest BCUT2D eigenvalue weighted by Crippen LogP contribution is 2.42. The van der Waals surface area contributed by atoms with Crippen LogP contribution in [0.4, 0.5) is 5.69 Å². The van der Waals surface area contributed by atoms with Crippen molar-refractivity contribution < 1.29 is 0 Å². The maximum absolute atomic E-state index is 6.22. The second-order valence-electron chi connectivity index (χ2n) is 6.71. The van der Waals surface area contributed by atoms with Gasteiger partial charge in [-0.2, -0.15) is 0 Å². The third kappa shape index (κ3) is 2.25. The van der Waals surface area contributed by atoms with Gasteiger partial charge in [-0.25, -0.2) is 0 Å². The fraction of sp³-hybridized carbons (Fsp3) is 0.400. The smallest absolute Gasteiger partial charge is 0.0396 e. The van der Waals surface area contributed by atoms with Gasteiger partial charge < -0.3 is 5.73 Å². The van der Waals surface area contributed by atoms with Crippen LogP contribution in [0.15, 0.2) is 36.4 Å². The Morgan fingerprint density at radius 3 is 2.62 bits per heavy atom. The number of anilines is 1. The monoisotopic (exact) mass is 277 g/mol. The van der Waals surface area contributed by atoms with Crippen molar-refractivity contribution in [2.45, 2.75) is 44.9 Å². The van der Waals surface area contributed by atoms with E-state index in [9.17, 15) is 0 Å². The molecular formula is C20H23N. The van der Waals surface area contributed by atoms with Crippen LogP contribution in [0.25, 0.3) is 11.1 Å². The Bertz CT molecular complexity index is 666. The molecule has 0 radical (unpaired) electrons. The fourth-order valence-corrected chi connectivity index (χ4v) is 4.26. The van der Waals surface area contributed by atoms with Gasteiger partial charge in [0, 0.05) is 11.3 Å². The summed E-state index contributed by atoms with van der Waals surface area (Å²) in [6.45, 7) is 0. The van der Waals surface area contributed by atoms with Gasteiger partial charge in [-0.05, 0) is 47.1 Å². The molecule has 0 bridgehead atoms. The number of nitrogens with two attached hydrogens (primary N) is 1. The average molecular weight is 277 g/mol. The standard InChI is InChI=1S/C20H23N/c21-19-11-5-9-16-13-18-15(8-4-10-17(18)20(16)19)12-14-6-2-1-3-7-14/h4-5,8-11,14H,1-3,6-7,12-13,21H2. The molecular weight excluding hydrogens is 254 g/mol. The second-order valence-corrected chi connectivity index (χ2v) is 6.71. The maximum Gasteiger partial charge on any atom is 0.0396 e. The van der Waals surface area contributed by atoms with Crippen LogP contribution in [0.5, 0.6) is 0 Å². The van der Waals surface area contributed by atoms with Crippen molar-refractivity contribution in [1.29, 1.82) is 0 Å². The summed E-state index contributed by atoms with van der Waals surface area (Å²) in [7, 11) is 0. The van der Waals surface area contributed by atoms with Crippen LogP contribution in [0.2, 0.25) is 0 Å². The molecule has 4 rings (SSSR count). The van der Waals surface area contributed by atoms with Crippen LogP contribution in [0, 0.1) is 5.92 Å². The first-order valence-electron chi connectivity index (χ1n) is 8.31. The molecule has 2 aromatic carbocycles. The Morgan fingerprint density at radius 1 is 0.952 bits per heavy atom. The Balaban J connectivity index is 1.70. The predicted octanol–water partition coefficient (Wildman–Crippen LogP) is 4.96. The zero-order chi connectivity index (χ0) is 14.2. The van der Waals surface area contributed by atoms with Crippen molar-refractivity contribution in [1.82, 2.24) is 0 Å². The van der Waals surface area contributed by atoms with Crippen LogP contribution in [0.1, 0.15) is 48.8 Å². The summed E-state index contributed by atoms with van der Waals surface area (Å²) in [6, 6.07) is 13.2. The summed E-state index contributed by atoms with van der Waals surface area (Å²) < 4.78 is 0. The minimum absolute atomic E-state index is 0.895. The largest absolute Gasteiger partial charge is 0.398 e. The van der Waals surface area contributed by atoms with E-state index in [-0.39, 0.29) is 0 Å². The van der Waals surface area contributed by atoms with Gasteiger partial charge in [0.25, 0.3) is 0 Å². The number of hydrogen-bond donors (Lipinski definition) is 1. The Morgan fingerprint density at radius 2 is 1.76 bits per heavy atom. The Kier molecular flexibility index (Phi) is 3.21. The molecule has 0 saturated heterocycles. The van der Waals surface area contributed by atoms with Crippen molar-refractivity contribution in [2.24, 2.45) is 5.92 Å². The van der Waals surface area contributed by atoms with Crippen LogP contribution in [-0.2, 0) is 12.8 Å². The minimum atomic E-state index is 0.895. The zero-order valence-electron chi connectivity index (χ0n) is 12.6. The van der Waals surface area contributed by atoms with Crippen LogP contribution in [-0.4, -0.2) is 0 Å². The molecule has 0 aliphatic heterocycles. The van der Waals surface area contributed by atoms with Gasteiger partial charge in [0.05, 0.1) is 0 Å². The molecule has 108 valence electrons. The quantitative estimate of drug-likeness (QED) is 0.658. The van der Waals surface area contributed by atoms with E-state index >= 15 is 0 Å². The van der Waals surface area contributed by atoms with E-state index in [1.807, 2.05) is 6.07 Å². The highest BCUT2D eigenvalue weighted by molar-refractivity contribution is 5.86. The SMILES string of the molecule is Nc1cccc2c1-c1cccc(CC3CCCCC3)c1C2. The zero-order valence-corrected chi connectivity index (χ0v) is 12.6. The minimum Gasteiger partial charge on any atom is -0.398 e. The lowest BCUT2D eigenvalue weighted by molar-refractivity contribution is 0.356. The first-order valence-corrected chi connectivity index (χ1v) is 8.31. The summed E-state index contributed by atoms with van der Waals surface area (Å²) in [5, 5.41) is 0. The molecule has 0 heterocycles. The molecule has 2 N–H and O–H groups in total. The molecule has 21 heavy (non-hydrogen) atoms. The second kappa shape index (κ2) is 5.22. The van der Waals surface area contributed by atoms with Gasteiger partial charge in [0.1, 0.15) is 0 Å². The van der Waals surface area contributed by atoms with E-state index in [1.54, 1.807) is 5.56 Å². The van der Waals surface area contributed by atoms with E-state index in [0.29, 0.717) is 0 Å². The topological polar surface area (TPSA) is 26.0 Å². The summed E-state index contributed by atoms with van der Waals surface area (Å²) in [4.78, 5) is 0. The van der Waals surface area contributed by atoms with Crippen LogP contribution < -0.4 is 5.73 Å². The molecule has 0 aromatic heterocycles. The summed E-state index contributed by atoms with van der Waals surface area (Å²) >= 11 is 0. The third-order valence-corrected chi connectivity index (χ3v) is 5.33. The highest BCUT2D eigenvalue weighted by atomic mass is 14.6. The number of hydrogen-bond acceptors (Lipinski definition) is 1. The molecule has 1 heteroatoms. The lowest BCUT2D eigenvalue weighted by Crippen LogP contribution is -2.10. The Hall–Kier alpha value is -1.76. The Labute approximate surface area is 127 Å². The lowest BCUT2D eigenvalue weighted by atomic mass is 9.83. The first-order chi connectivity index (χ1) is 10.3. The third-order valence-electron chi connectivity index (χ3n) is 5.33. The van der Waals surface area contributed by atoms with E-state index in [1.165, 1.54) is 60.8 Å². The van der Waals surface area contributed by atoms with Crippen LogP contribution in [0.3, 0.4) is 0 Å². The van der Waals surface area contributed by atoms with E-state index in [4.69, 9.17) is 5.73 Å². The molecule has 1 saturated carbocycles. The molecule has 0 amide bonds.